The van der Waals surface area contributed by atoms with Crippen LogP contribution in [0.5, 0.6) is 11.5 Å². The number of hydrogen-bond donors (Lipinski definition) is 3. The van der Waals surface area contributed by atoms with Gasteiger partial charge < -0.3 is 25.0 Å². The van der Waals surface area contributed by atoms with Crippen molar-refractivity contribution in [3.05, 3.63) is 97.1 Å². The summed E-state index contributed by atoms with van der Waals surface area (Å²) >= 11 is 0. The van der Waals surface area contributed by atoms with Crippen LogP contribution in [-0.4, -0.2) is 78.2 Å². The van der Waals surface area contributed by atoms with Gasteiger partial charge in [-0.05, 0) is 69.7 Å². The number of nitrogens with zero attached hydrogens (tertiary/aromatic N) is 2. The topological polar surface area (TPSA) is 156 Å². The lowest BCUT2D eigenvalue weighted by molar-refractivity contribution is -0.140. The molecule has 12 nitrogen and oxygen atoms in total. The van der Waals surface area contributed by atoms with E-state index in [2.05, 4.69) is 15.4 Å². The molecule has 57 heavy (non-hydrogen) atoms. The van der Waals surface area contributed by atoms with Gasteiger partial charge in [0, 0.05) is 41.1 Å². The highest BCUT2D eigenvalue weighted by atomic mass is 32.2. The Hall–Kier alpha value is -5.43. The molecule has 0 bridgehead atoms. The second-order valence-electron chi connectivity index (χ2n) is 16.0. The number of carbonyl (C=O) groups is 3. The SMILES string of the molecule is COc1ccc2c(O[C@@H]3C[C@H]4C(=O)N[C@]5(C(=O)NS(=O)(=O)C6(C)CC6)C[C@H]5/C=C\CCCCC[C@H](Nc5ccccc5)C(=O)N4C3)cc(-c3ccccc3)nc2c1. The van der Waals surface area contributed by atoms with Gasteiger partial charge in [0.25, 0.3) is 5.91 Å². The third-order valence-electron chi connectivity index (χ3n) is 11.9. The monoisotopic (exact) mass is 791 g/mol. The zero-order valence-electron chi connectivity index (χ0n) is 32.3. The summed E-state index contributed by atoms with van der Waals surface area (Å²) < 4.78 is 40.1. The molecule has 3 fully saturated rings. The highest BCUT2D eigenvalue weighted by molar-refractivity contribution is 7.91. The van der Waals surface area contributed by atoms with E-state index in [1.165, 1.54) is 0 Å². The molecule has 1 aromatic heterocycles. The van der Waals surface area contributed by atoms with E-state index in [1.807, 2.05) is 97.1 Å². The van der Waals surface area contributed by atoms with Gasteiger partial charge in [-0.15, -0.1) is 0 Å². The van der Waals surface area contributed by atoms with Crippen molar-refractivity contribution in [2.75, 3.05) is 19.0 Å². The third kappa shape index (κ3) is 7.94. The number of aromatic nitrogens is 1. The Kier molecular flexibility index (Phi) is 10.4. The average Bonchev–Trinajstić information content (AvgIpc) is 4.10. The summed E-state index contributed by atoms with van der Waals surface area (Å²) in [6.45, 7) is 1.73. The van der Waals surface area contributed by atoms with Crippen molar-refractivity contribution in [2.24, 2.45) is 5.92 Å². The van der Waals surface area contributed by atoms with Crippen LogP contribution in [0.2, 0.25) is 0 Å². The van der Waals surface area contributed by atoms with Gasteiger partial charge in [-0.1, -0.05) is 73.5 Å². The second-order valence-corrected chi connectivity index (χ2v) is 18.2. The molecule has 0 unspecified atom stereocenters. The van der Waals surface area contributed by atoms with E-state index >= 15 is 0 Å². The highest BCUT2D eigenvalue weighted by Crippen LogP contribution is 2.47. The maximum Gasteiger partial charge on any atom is 0.259 e. The number of pyridine rings is 1. The zero-order valence-corrected chi connectivity index (χ0v) is 33.1. The van der Waals surface area contributed by atoms with Gasteiger partial charge in [-0.2, -0.15) is 0 Å². The molecule has 4 aromatic rings. The lowest BCUT2D eigenvalue weighted by Crippen LogP contribution is -2.58. The second kappa shape index (κ2) is 15.5. The first-order valence-electron chi connectivity index (χ1n) is 19.9. The molecule has 4 aliphatic rings. The fraction of sp³-hybridized carbons (Fsp3) is 0.409. The van der Waals surface area contributed by atoms with Crippen molar-refractivity contribution in [3.8, 4) is 22.8 Å². The number of carbonyl (C=O) groups excluding carboxylic acids is 3. The zero-order chi connectivity index (χ0) is 39.8. The predicted octanol–water partition coefficient (Wildman–Crippen LogP) is 6.13. The van der Waals surface area contributed by atoms with Crippen LogP contribution in [0.25, 0.3) is 22.2 Å². The summed E-state index contributed by atoms with van der Waals surface area (Å²) in [7, 11) is -2.37. The average molecular weight is 792 g/mol. The van der Waals surface area contributed by atoms with Crippen LogP contribution in [-0.2, 0) is 24.4 Å². The Morgan fingerprint density at radius 3 is 2.46 bits per heavy atom. The normalized spacial score (nSPS) is 26.5. The van der Waals surface area contributed by atoms with E-state index in [0.29, 0.717) is 42.0 Å². The molecule has 0 radical (unpaired) electrons. The Morgan fingerprint density at radius 2 is 1.72 bits per heavy atom. The number of methoxy groups -OCH3 is 1. The van der Waals surface area contributed by atoms with Gasteiger partial charge in [0.15, 0.2) is 0 Å². The van der Waals surface area contributed by atoms with Crippen LogP contribution in [0.3, 0.4) is 0 Å². The third-order valence-corrected chi connectivity index (χ3v) is 14.1. The number of allylic oxidation sites excluding steroid dienone is 1. The molecular weight excluding hydrogens is 743 g/mol. The predicted molar refractivity (Wildman–Crippen MR) is 218 cm³/mol. The van der Waals surface area contributed by atoms with Crippen LogP contribution in [0.1, 0.15) is 64.7 Å². The number of rotatable bonds is 9. The number of anilines is 1. The Morgan fingerprint density at radius 1 is 0.965 bits per heavy atom. The number of fused-ring (bicyclic) bond motifs is 3. The van der Waals surface area contributed by atoms with Crippen molar-refractivity contribution in [1.29, 1.82) is 0 Å². The number of para-hydroxylation sites is 1. The Balaban J connectivity index is 1.14. The first-order valence-corrected chi connectivity index (χ1v) is 21.4. The maximum absolute atomic E-state index is 14.8. The molecule has 3 amide bonds. The number of hydrogen-bond acceptors (Lipinski definition) is 9. The summed E-state index contributed by atoms with van der Waals surface area (Å²) in [4.78, 5) is 49.9. The quantitative estimate of drug-likeness (QED) is 0.170. The number of ether oxygens (including phenoxy) is 2. The van der Waals surface area contributed by atoms with Crippen LogP contribution in [0.4, 0.5) is 5.69 Å². The van der Waals surface area contributed by atoms with Crippen molar-refractivity contribution in [2.45, 2.75) is 93.2 Å². The molecule has 13 heteroatoms. The first kappa shape index (κ1) is 38.4. The maximum atomic E-state index is 14.8. The minimum Gasteiger partial charge on any atom is -0.497 e. The fourth-order valence-electron chi connectivity index (χ4n) is 8.02. The van der Waals surface area contributed by atoms with E-state index in [-0.39, 0.29) is 25.3 Å². The first-order chi connectivity index (χ1) is 27.5. The van der Waals surface area contributed by atoms with Crippen LogP contribution in [0.15, 0.2) is 97.1 Å². The van der Waals surface area contributed by atoms with Crippen molar-refractivity contribution in [1.82, 2.24) is 19.9 Å². The molecule has 1 saturated heterocycles. The van der Waals surface area contributed by atoms with Gasteiger partial charge in [0.2, 0.25) is 21.8 Å². The molecule has 5 atom stereocenters. The van der Waals surface area contributed by atoms with Crippen LogP contribution >= 0.6 is 0 Å². The molecule has 8 rings (SSSR count). The van der Waals surface area contributed by atoms with Gasteiger partial charge >= 0.3 is 0 Å². The van der Waals surface area contributed by atoms with Gasteiger partial charge in [0.05, 0.1) is 29.6 Å². The minimum absolute atomic E-state index is 0.111. The van der Waals surface area contributed by atoms with Gasteiger partial charge in [-0.3, -0.25) is 19.1 Å². The number of nitrogens with one attached hydrogen (secondary N) is 3. The van der Waals surface area contributed by atoms with Gasteiger partial charge in [-0.25, -0.2) is 13.4 Å². The standard InChI is InChI=1S/C44H49N5O7S/c1-43(22-23-43)57(53,54)48-42(52)44-27-30(44)16-10-4-3-5-13-19-35(45-31-17-11-7-12-18-31)41(51)49-28-33(25-38(49)40(50)47-44)56-39-26-36(29-14-8-6-9-15-29)46-37-24-32(55-2)20-21-34(37)39/h6-12,14-18,20-21,24,26,30,33,35,38,45H,3-5,13,19,22-23,25,27-28H2,1-2H3,(H,47,50)(H,48,52)/b16-10-/t30-,33-,35+,38+,44-/m1/s1. The number of amides is 3. The van der Waals surface area contributed by atoms with Crippen LogP contribution in [0, 0.1) is 5.92 Å². The van der Waals surface area contributed by atoms with E-state index in [4.69, 9.17) is 14.5 Å². The van der Waals surface area contributed by atoms with Gasteiger partial charge in [0.1, 0.15) is 35.2 Å². The minimum atomic E-state index is -3.96. The highest BCUT2D eigenvalue weighted by Gasteiger charge is 2.63. The van der Waals surface area contributed by atoms with E-state index in [0.717, 1.165) is 42.3 Å². The largest absolute Gasteiger partial charge is 0.497 e. The summed E-state index contributed by atoms with van der Waals surface area (Å²) in [5, 5.41) is 7.16. The van der Waals surface area contributed by atoms with E-state index in [9.17, 15) is 22.8 Å². The molecule has 3 aromatic carbocycles. The lowest BCUT2D eigenvalue weighted by Gasteiger charge is -2.30. The smallest absolute Gasteiger partial charge is 0.259 e. The van der Waals surface area contributed by atoms with Crippen LogP contribution < -0.4 is 24.8 Å². The molecule has 2 saturated carbocycles. The van der Waals surface area contributed by atoms with E-state index < -0.39 is 56.2 Å². The number of sulfonamides is 1. The summed E-state index contributed by atoms with van der Waals surface area (Å²) in [6, 6.07) is 25.1. The Labute approximate surface area is 333 Å². The molecule has 2 aliphatic heterocycles. The van der Waals surface area contributed by atoms with Crippen molar-refractivity contribution in [3.63, 3.8) is 0 Å². The molecule has 3 N–H and O–H groups in total. The van der Waals surface area contributed by atoms with Crippen molar-refractivity contribution >= 4 is 44.3 Å². The lowest BCUT2D eigenvalue weighted by atomic mass is 10.0. The van der Waals surface area contributed by atoms with E-state index in [1.54, 1.807) is 18.9 Å². The molecular formula is C44H49N5O7S. The molecule has 3 heterocycles. The molecule has 2 aliphatic carbocycles. The Bertz CT molecular complexity index is 2300. The summed E-state index contributed by atoms with van der Waals surface area (Å²) in [5.41, 5.74) is 1.57. The molecule has 298 valence electrons. The fourth-order valence-corrected chi connectivity index (χ4v) is 9.33. The number of benzene rings is 3. The van der Waals surface area contributed by atoms with Crippen molar-refractivity contribution < 1.29 is 32.3 Å². The summed E-state index contributed by atoms with van der Waals surface area (Å²) in [5.74, 6) is -0.732. The molecule has 0 spiro atoms. The summed E-state index contributed by atoms with van der Waals surface area (Å²) in [6.07, 6.45) is 8.51.